The maximum atomic E-state index is 12.9. The molecule has 0 saturated heterocycles. The number of anilines is 1. The van der Waals surface area contributed by atoms with E-state index in [1.807, 2.05) is 30.3 Å². The molecule has 0 atom stereocenters. The van der Waals surface area contributed by atoms with E-state index in [1.165, 1.54) is 18.2 Å². The zero-order chi connectivity index (χ0) is 18.6. The van der Waals surface area contributed by atoms with Crippen LogP contribution in [0.5, 0.6) is 0 Å². The summed E-state index contributed by atoms with van der Waals surface area (Å²) in [6.45, 7) is 0.444. The predicted octanol–water partition coefficient (Wildman–Crippen LogP) is 3.22. The van der Waals surface area contributed by atoms with E-state index in [0.717, 1.165) is 31.2 Å². The number of hydrogen-bond acceptors (Lipinski definition) is 4. The van der Waals surface area contributed by atoms with Gasteiger partial charge in [0.15, 0.2) is 0 Å². The van der Waals surface area contributed by atoms with Crippen LogP contribution in [0.4, 0.5) is 5.69 Å². The number of carbonyl (C=O) groups is 1. The largest absolute Gasteiger partial charge is 0.478 e. The summed E-state index contributed by atoms with van der Waals surface area (Å²) in [5, 5.41) is 12.3. The Morgan fingerprint density at radius 3 is 2.42 bits per heavy atom. The van der Waals surface area contributed by atoms with Gasteiger partial charge in [0.05, 0.1) is 11.3 Å². The molecule has 2 aromatic carbocycles. The Labute approximate surface area is 153 Å². The molecule has 1 aliphatic carbocycles. The number of carboxylic acid groups (broad SMARTS) is 1. The first-order valence-corrected chi connectivity index (χ1v) is 10.1. The van der Waals surface area contributed by atoms with Crippen molar-refractivity contribution in [3.8, 4) is 0 Å². The molecule has 7 heteroatoms. The Kier molecular flexibility index (Phi) is 5.58. The fourth-order valence-electron chi connectivity index (χ4n) is 3.14. The number of nitrogens with one attached hydrogen (secondary N) is 2. The van der Waals surface area contributed by atoms with Crippen LogP contribution in [-0.2, 0) is 16.6 Å². The van der Waals surface area contributed by atoms with Gasteiger partial charge in [-0.2, -0.15) is 0 Å². The lowest BCUT2D eigenvalue weighted by molar-refractivity contribution is 0.0696. The molecule has 0 bridgehead atoms. The SMILES string of the molecule is O=C(O)c1ccc(NCc2ccccc2)c(S(=O)(=O)NC2CCCC2)c1. The van der Waals surface area contributed by atoms with Gasteiger partial charge in [-0.05, 0) is 36.6 Å². The third-order valence-corrected chi connectivity index (χ3v) is 6.08. The van der Waals surface area contributed by atoms with Crippen molar-refractivity contribution in [2.75, 3.05) is 5.32 Å². The average molecular weight is 374 g/mol. The lowest BCUT2D eigenvalue weighted by atomic mass is 10.2. The van der Waals surface area contributed by atoms with Gasteiger partial charge >= 0.3 is 5.97 Å². The van der Waals surface area contributed by atoms with Crippen LogP contribution in [0, 0.1) is 0 Å². The van der Waals surface area contributed by atoms with Gasteiger partial charge in [0, 0.05) is 12.6 Å². The van der Waals surface area contributed by atoms with Crippen molar-refractivity contribution >= 4 is 21.7 Å². The summed E-state index contributed by atoms with van der Waals surface area (Å²) in [6.07, 6.45) is 3.62. The summed E-state index contributed by atoms with van der Waals surface area (Å²) in [5.74, 6) is -1.16. The third kappa shape index (κ3) is 4.42. The van der Waals surface area contributed by atoms with Crippen molar-refractivity contribution < 1.29 is 18.3 Å². The zero-order valence-electron chi connectivity index (χ0n) is 14.3. The first kappa shape index (κ1) is 18.4. The van der Waals surface area contributed by atoms with E-state index in [4.69, 9.17) is 0 Å². The molecule has 138 valence electrons. The van der Waals surface area contributed by atoms with Crippen LogP contribution in [0.3, 0.4) is 0 Å². The number of benzene rings is 2. The smallest absolute Gasteiger partial charge is 0.335 e. The highest BCUT2D eigenvalue weighted by atomic mass is 32.2. The molecule has 6 nitrogen and oxygen atoms in total. The zero-order valence-corrected chi connectivity index (χ0v) is 15.1. The van der Waals surface area contributed by atoms with E-state index < -0.39 is 16.0 Å². The fraction of sp³-hybridized carbons (Fsp3) is 0.316. The molecular weight excluding hydrogens is 352 g/mol. The molecule has 0 amide bonds. The molecule has 1 aliphatic rings. The Morgan fingerprint density at radius 2 is 1.77 bits per heavy atom. The molecule has 0 heterocycles. The number of aromatic carboxylic acids is 1. The Hall–Kier alpha value is -2.38. The van der Waals surface area contributed by atoms with Gasteiger partial charge in [-0.3, -0.25) is 0 Å². The van der Waals surface area contributed by atoms with Gasteiger partial charge in [0.25, 0.3) is 0 Å². The molecule has 0 aliphatic heterocycles. The first-order chi connectivity index (χ1) is 12.5. The van der Waals surface area contributed by atoms with Crippen LogP contribution < -0.4 is 10.0 Å². The summed E-state index contributed by atoms with van der Waals surface area (Å²) >= 11 is 0. The monoisotopic (exact) mass is 374 g/mol. The molecule has 0 aromatic heterocycles. The second kappa shape index (κ2) is 7.88. The molecule has 1 fully saturated rings. The lowest BCUT2D eigenvalue weighted by Gasteiger charge is -2.17. The Morgan fingerprint density at radius 1 is 1.08 bits per heavy atom. The van der Waals surface area contributed by atoms with Crippen LogP contribution in [0.2, 0.25) is 0 Å². The van der Waals surface area contributed by atoms with Gasteiger partial charge in [-0.25, -0.2) is 17.9 Å². The molecule has 0 radical (unpaired) electrons. The van der Waals surface area contributed by atoms with Gasteiger partial charge < -0.3 is 10.4 Å². The highest BCUT2D eigenvalue weighted by Gasteiger charge is 2.26. The standard InChI is InChI=1S/C19H22N2O4S/c22-19(23)15-10-11-17(20-13-14-6-2-1-3-7-14)18(12-15)26(24,25)21-16-8-4-5-9-16/h1-3,6-7,10-12,16,20-21H,4-5,8-9,13H2,(H,22,23). The molecular formula is C19H22N2O4S. The normalized spacial score (nSPS) is 15.1. The predicted molar refractivity (Wildman–Crippen MR) is 99.7 cm³/mol. The maximum absolute atomic E-state index is 12.9. The second-order valence-electron chi connectivity index (χ2n) is 6.46. The van der Waals surface area contributed by atoms with Crippen molar-refractivity contribution in [1.29, 1.82) is 0 Å². The van der Waals surface area contributed by atoms with Crippen molar-refractivity contribution in [2.24, 2.45) is 0 Å². The van der Waals surface area contributed by atoms with Crippen LogP contribution >= 0.6 is 0 Å². The topological polar surface area (TPSA) is 95.5 Å². The lowest BCUT2D eigenvalue weighted by Crippen LogP contribution is -2.33. The third-order valence-electron chi connectivity index (χ3n) is 4.52. The number of rotatable bonds is 7. The maximum Gasteiger partial charge on any atom is 0.335 e. The van der Waals surface area contributed by atoms with Crippen molar-refractivity contribution in [1.82, 2.24) is 4.72 Å². The van der Waals surface area contributed by atoms with E-state index in [2.05, 4.69) is 10.0 Å². The van der Waals surface area contributed by atoms with Gasteiger partial charge in [-0.1, -0.05) is 43.2 Å². The average Bonchev–Trinajstić information content (AvgIpc) is 3.13. The molecule has 1 saturated carbocycles. The van der Waals surface area contributed by atoms with E-state index in [0.29, 0.717) is 12.2 Å². The summed E-state index contributed by atoms with van der Waals surface area (Å²) in [5.41, 5.74) is 1.34. The molecule has 2 aromatic rings. The summed E-state index contributed by atoms with van der Waals surface area (Å²) in [4.78, 5) is 11.3. The number of sulfonamides is 1. The van der Waals surface area contributed by atoms with Gasteiger partial charge in [-0.15, -0.1) is 0 Å². The van der Waals surface area contributed by atoms with E-state index in [1.54, 1.807) is 0 Å². The van der Waals surface area contributed by atoms with Crippen LogP contribution in [0.15, 0.2) is 53.4 Å². The quantitative estimate of drug-likeness (QED) is 0.692. The summed E-state index contributed by atoms with van der Waals surface area (Å²) in [7, 11) is -3.81. The van der Waals surface area contributed by atoms with Crippen LogP contribution in [-0.4, -0.2) is 25.5 Å². The van der Waals surface area contributed by atoms with Gasteiger partial charge in [0.2, 0.25) is 10.0 Å². The highest BCUT2D eigenvalue weighted by Crippen LogP contribution is 2.26. The molecule has 3 N–H and O–H groups in total. The fourth-order valence-corrected chi connectivity index (χ4v) is 4.66. The molecule has 0 unspecified atom stereocenters. The van der Waals surface area contributed by atoms with Crippen LogP contribution in [0.25, 0.3) is 0 Å². The second-order valence-corrected chi connectivity index (χ2v) is 8.14. The summed E-state index contributed by atoms with van der Waals surface area (Å²) in [6, 6.07) is 13.6. The molecule has 3 rings (SSSR count). The summed E-state index contributed by atoms with van der Waals surface area (Å²) < 4.78 is 28.4. The minimum atomic E-state index is -3.81. The minimum Gasteiger partial charge on any atom is -0.478 e. The van der Waals surface area contributed by atoms with E-state index >= 15 is 0 Å². The highest BCUT2D eigenvalue weighted by molar-refractivity contribution is 7.89. The van der Waals surface area contributed by atoms with Gasteiger partial charge in [0.1, 0.15) is 4.90 Å². The Bertz CT molecular complexity index is 876. The van der Waals surface area contributed by atoms with Crippen molar-refractivity contribution in [3.63, 3.8) is 0 Å². The number of hydrogen-bond donors (Lipinski definition) is 3. The molecule has 26 heavy (non-hydrogen) atoms. The molecule has 0 spiro atoms. The van der Waals surface area contributed by atoms with Crippen molar-refractivity contribution in [2.45, 2.75) is 43.2 Å². The van der Waals surface area contributed by atoms with E-state index in [9.17, 15) is 18.3 Å². The van der Waals surface area contributed by atoms with Crippen LogP contribution in [0.1, 0.15) is 41.6 Å². The van der Waals surface area contributed by atoms with Crippen molar-refractivity contribution in [3.05, 3.63) is 59.7 Å². The minimum absolute atomic E-state index is 0.0276. The first-order valence-electron chi connectivity index (χ1n) is 8.63. The van der Waals surface area contributed by atoms with E-state index in [-0.39, 0.29) is 16.5 Å². The number of carboxylic acids is 1. The Balaban J connectivity index is 1.89.